The lowest BCUT2D eigenvalue weighted by Gasteiger charge is -2.17. The molecule has 2 N–H and O–H groups in total. The normalized spacial score (nSPS) is 12.3. The quantitative estimate of drug-likeness (QED) is 0.770. The molecule has 120 valence electrons. The fraction of sp³-hybridized carbons (Fsp3) is 0.333. The first-order valence-electron chi connectivity index (χ1n) is 7.44. The molecule has 23 heavy (non-hydrogen) atoms. The average Bonchev–Trinajstić information content (AvgIpc) is 3.10. The number of fused-ring (bicyclic) bond motifs is 1. The van der Waals surface area contributed by atoms with Crippen LogP contribution in [0.1, 0.15) is 25.1 Å². The Morgan fingerprint density at radius 1 is 1.26 bits per heavy atom. The Morgan fingerprint density at radius 3 is 2.78 bits per heavy atom. The van der Waals surface area contributed by atoms with Crippen molar-refractivity contribution < 1.29 is 4.79 Å². The van der Waals surface area contributed by atoms with Crippen LogP contribution in [0.2, 0.25) is 0 Å². The van der Waals surface area contributed by atoms with Gasteiger partial charge in [-0.25, -0.2) is 4.79 Å². The Balaban J connectivity index is 1.77. The van der Waals surface area contributed by atoms with E-state index in [0.717, 1.165) is 17.6 Å². The van der Waals surface area contributed by atoms with Gasteiger partial charge in [-0.15, -0.1) is 0 Å². The number of nitrogens with zero attached hydrogens (tertiary/aromatic N) is 5. The number of hydrogen-bond donors (Lipinski definition) is 2. The SMILES string of the molecule is CC[C@@H](NC(=O)Nc1cccc2nn(C)nc12)c1ccnn1C. The maximum atomic E-state index is 12.3. The van der Waals surface area contributed by atoms with Crippen molar-refractivity contribution in [2.45, 2.75) is 19.4 Å². The van der Waals surface area contributed by atoms with Crippen LogP contribution in [-0.4, -0.2) is 30.8 Å². The molecule has 8 nitrogen and oxygen atoms in total. The predicted octanol–water partition coefficient (Wildman–Crippen LogP) is 1.97. The summed E-state index contributed by atoms with van der Waals surface area (Å²) in [6, 6.07) is 7.01. The maximum absolute atomic E-state index is 12.3. The summed E-state index contributed by atoms with van der Waals surface area (Å²) < 4.78 is 1.76. The van der Waals surface area contributed by atoms with Crippen LogP contribution in [0, 0.1) is 0 Å². The minimum atomic E-state index is -0.281. The van der Waals surface area contributed by atoms with Gasteiger partial charge in [-0.3, -0.25) is 4.68 Å². The molecule has 0 fully saturated rings. The smallest absolute Gasteiger partial charge is 0.319 e. The zero-order valence-electron chi connectivity index (χ0n) is 13.3. The van der Waals surface area contributed by atoms with E-state index in [9.17, 15) is 4.79 Å². The molecule has 2 aromatic heterocycles. The molecule has 3 aromatic rings. The zero-order valence-corrected chi connectivity index (χ0v) is 13.3. The summed E-state index contributed by atoms with van der Waals surface area (Å²) in [4.78, 5) is 13.8. The van der Waals surface area contributed by atoms with Gasteiger partial charge < -0.3 is 10.6 Å². The lowest BCUT2D eigenvalue weighted by Crippen LogP contribution is -2.33. The number of amides is 2. The molecule has 1 aromatic carbocycles. The van der Waals surface area contributed by atoms with E-state index in [4.69, 9.17) is 0 Å². The van der Waals surface area contributed by atoms with Crippen molar-refractivity contribution >= 4 is 22.8 Å². The van der Waals surface area contributed by atoms with E-state index in [-0.39, 0.29) is 12.1 Å². The van der Waals surface area contributed by atoms with E-state index in [1.807, 2.05) is 38.2 Å². The largest absolute Gasteiger partial charge is 0.330 e. The Kier molecular flexibility index (Phi) is 3.96. The fourth-order valence-corrected chi connectivity index (χ4v) is 2.57. The Hall–Kier alpha value is -2.90. The van der Waals surface area contributed by atoms with Crippen LogP contribution < -0.4 is 10.6 Å². The van der Waals surface area contributed by atoms with Crippen LogP contribution in [0.5, 0.6) is 0 Å². The second-order valence-corrected chi connectivity index (χ2v) is 5.30. The Morgan fingerprint density at radius 2 is 2.09 bits per heavy atom. The highest BCUT2D eigenvalue weighted by Crippen LogP contribution is 2.20. The molecule has 0 bridgehead atoms. The van der Waals surface area contributed by atoms with Gasteiger partial charge in [0.1, 0.15) is 11.0 Å². The monoisotopic (exact) mass is 313 g/mol. The van der Waals surface area contributed by atoms with E-state index in [1.54, 1.807) is 17.9 Å². The van der Waals surface area contributed by atoms with Crippen molar-refractivity contribution in [1.82, 2.24) is 30.1 Å². The highest BCUT2D eigenvalue weighted by atomic mass is 16.2. The number of carbonyl (C=O) groups excluding carboxylic acids is 1. The van der Waals surface area contributed by atoms with Gasteiger partial charge >= 0.3 is 6.03 Å². The van der Waals surface area contributed by atoms with Crippen molar-refractivity contribution in [1.29, 1.82) is 0 Å². The molecule has 3 rings (SSSR count). The van der Waals surface area contributed by atoms with Gasteiger partial charge in [0.15, 0.2) is 0 Å². The van der Waals surface area contributed by atoms with Gasteiger partial charge in [0, 0.05) is 20.3 Å². The van der Waals surface area contributed by atoms with Crippen LogP contribution in [-0.2, 0) is 14.1 Å². The number of hydrogen-bond acceptors (Lipinski definition) is 4. The van der Waals surface area contributed by atoms with Crippen molar-refractivity contribution in [2.75, 3.05) is 5.32 Å². The number of aryl methyl sites for hydroxylation is 2. The number of urea groups is 1. The molecule has 0 aliphatic rings. The van der Waals surface area contributed by atoms with Crippen molar-refractivity contribution in [2.24, 2.45) is 14.1 Å². The number of aromatic nitrogens is 5. The van der Waals surface area contributed by atoms with E-state index in [0.29, 0.717) is 11.2 Å². The molecule has 0 unspecified atom stereocenters. The van der Waals surface area contributed by atoms with E-state index in [1.165, 1.54) is 4.80 Å². The van der Waals surface area contributed by atoms with Gasteiger partial charge in [-0.1, -0.05) is 13.0 Å². The zero-order chi connectivity index (χ0) is 16.4. The van der Waals surface area contributed by atoms with E-state index < -0.39 is 0 Å². The summed E-state index contributed by atoms with van der Waals surface area (Å²) in [6.45, 7) is 2.02. The summed E-state index contributed by atoms with van der Waals surface area (Å²) >= 11 is 0. The number of rotatable bonds is 4. The van der Waals surface area contributed by atoms with Crippen LogP contribution in [0.25, 0.3) is 11.0 Å². The van der Waals surface area contributed by atoms with E-state index >= 15 is 0 Å². The number of nitrogens with one attached hydrogen (secondary N) is 2. The molecular weight excluding hydrogens is 294 g/mol. The summed E-state index contributed by atoms with van der Waals surface area (Å²) in [7, 11) is 3.61. The minimum Gasteiger partial charge on any atom is -0.330 e. The van der Waals surface area contributed by atoms with Crippen LogP contribution >= 0.6 is 0 Å². The predicted molar refractivity (Wildman–Crippen MR) is 86.9 cm³/mol. The highest BCUT2D eigenvalue weighted by molar-refractivity contribution is 5.98. The lowest BCUT2D eigenvalue weighted by molar-refractivity contribution is 0.247. The van der Waals surface area contributed by atoms with Gasteiger partial charge in [-0.2, -0.15) is 20.1 Å². The molecule has 0 radical (unpaired) electrons. The molecule has 0 spiro atoms. The van der Waals surface area contributed by atoms with Gasteiger partial charge in [-0.05, 0) is 24.6 Å². The van der Waals surface area contributed by atoms with Crippen LogP contribution in [0.4, 0.5) is 10.5 Å². The van der Waals surface area contributed by atoms with E-state index in [2.05, 4.69) is 25.9 Å². The fourth-order valence-electron chi connectivity index (χ4n) is 2.57. The van der Waals surface area contributed by atoms with Crippen molar-refractivity contribution in [3.05, 3.63) is 36.2 Å². The number of carbonyl (C=O) groups is 1. The molecule has 8 heteroatoms. The second-order valence-electron chi connectivity index (χ2n) is 5.30. The molecular formula is C15H19N7O. The summed E-state index contributed by atoms with van der Waals surface area (Å²) in [5.41, 5.74) is 3.00. The molecule has 2 amide bonds. The van der Waals surface area contributed by atoms with Crippen LogP contribution in [0.3, 0.4) is 0 Å². The van der Waals surface area contributed by atoms with Gasteiger partial charge in [0.2, 0.25) is 0 Å². The number of benzene rings is 1. The Labute approximate surface area is 133 Å². The topological polar surface area (TPSA) is 89.7 Å². The first-order valence-corrected chi connectivity index (χ1v) is 7.44. The maximum Gasteiger partial charge on any atom is 0.319 e. The molecule has 2 heterocycles. The summed E-state index contributed by atoms with van der Waals surface area (Å²) in [5.74, 6) is 0. The van der Waals surface area contributed by atoms with Gasteiger partial charge in [0.05, 0.1) is 17.4 Å². The lowest BCUT2D eigenvalue weighted by atomic mass is 10.1. The molecule has 0 aliphatic carbocycles. The second kappa shape index (κ2) is 6.07. The molecule has 1 atom stereocenters. The first kappa shape index (κ1) is 15.0. The van der Waals surface area contributed by atoms with Gasteiger partial charge in [0.25, 0.3) is 0 Å². The number of anilines is 1. The molecule has 0 aliphatic heterocycles. The van der Waals surface area contributed by atoms with Crippen molar-refractivity contribution in [3.8, 4) is 0 Å². The third-order valence-corrected chi connectivity index (χ3v) is 3.69. The highest BCUT2D eigenvalue weighted by Gasteiger charge is 2.16. The standard InChI is InChI=1S/C15H19N7O/c1-4-10(13-8-9-16-21(13)2)17-15(23)18-11-6-5-7-12-14(11)20-22(3)19-12/h5-10H,4H2,1-3H3,(H2,17,18,23)/t10-/m1/s1. The average molecular weight is 313 g/mol. The third kappa shape index (κ3) is 3.01. The van der Waals surface area contributed by atoms with Crippen LogP contribution in [0.15, 0.2) is 30.5 Å². The third-order valence-electron chi connectivity index (χ3n) is 3.69. The minimum absolute atomic E-state index is 0.108. The molecule has 0 saturated heterocycles. The van der Waals surface area contributed by atoms with Crippen molar-refractivity contribution in [3.63, 3.8) is 0 Å². The summed E-state index contributed by atoms with van der Waals surface area (Å²) in [6.07, 6.45) is 2.49. The first-order chi connectivity index (χ1) is 11.1. The molecule has 0 saturated carbocycles. The Bertz CT molecular complexity index is 835. The summed E-state index contributed by atoms with van der Waals surface area (Å²) in [5, 5.41) is 18.5.